The van der Waals surface area contributed by atoms with Crippen LogP contribution in [-0.4, -0.2) is 46.2 Å². The molecule has 0 spiro atoms. The van der Waals surface area contributed by atoms with Crippen molar-refractivity contribution in [3.05, 3.63) is 35.4 Å². The molecule has 0 radical (unpaired) electrons. The number of ether oxygens (including phenoxy) is 1. The standard InChI is InChI=1S/C22H31N3O4S/c1-8-25(20(27)17(13-30)24-21(28)29-22(5,6)7)18(19(26)23-14(2)3)16-11-9-10-15(4)12-16/h1,9-12,14,17-18,30H,13H2,2-7H3,(H,23,26)(H,24,28). The predicted octanol–water partition coefficient (Wildman–Crippen LogP) is 2.80. The average Bonchev–Trinajstić information content (AvgIpc) is 2.61. The number of aryl methyl sites for hydroxylation is 1. The van der Waals surface area contributed by atoms with Gasteiger partial charge >= 0.3 is 6.09 Å². The average molecular weight is 434 g/mol. The summed E-state index contributed by atoms with van der Waals surface area (Å²) in [6, 6.07) is 7.21. The van der Waals surface area contributed by atoms with E-state index < -0.39 is 35.6 Å². The molecule has 7 nitrogen and oxygen atoms in total. The number of carbonyl (C=O) groups is 3. The predicted molar refractivity (Wildman–Crippen MR) is 120 cm³/mol. The van der Waals surface area contributed by atoms with Crippen LogP contribution in [0.25, 0.3) is 0 Å². The fourth-order valence-electron chi connectivity index (χ4n) is 2.69. The molecule has 0 aliphatic carbocycles. The Morgan fingerprint density at radius 1 is 1.23 bits per heavy atom. The van der Waals surface area contributed by atoms with Gasteiger partial charge < -0.3 is 15.4 Å². The molecule has 1 aromatic rings. The highest BCUT2D eigenvalue weighted by Gasteiger charge is 2.35. The van der Waals surface area contributed by atoms with Gasteiger partial charge in [0.15, 0.2) is 0 Å². The summed E-state index contributed by atoms with van der Waals surface area (Å²) in [7, 11) is 0. The number of rotatable bonds is 7. The highest BCUT2D eigenvalue weighted by Crippen LogP contribution is 2.23. The summed E-state index contributed by atoms with van der Waals surface area (Å²) in [5.41, 5.74) is 0.743. The van der Waals surface area contributed by atoms with Crippen molar-refractivity contribution in [3.63, 3.8) is 0 Å². The molecule has 2 N–H and O–H groups in total. The first kappa shape index (κ1) is 25.4. The Balaban J connectivity index is 3.25. The molecule has 2 atom stereocenters. The number of nitrogens with one attached hydrogen (secondary N) is 2. The molecule has 0 heterocycles. The van der Waals surface area contributed by atoms with E-state index in [1.807, 2.05) is 26.8 Å². The summed E-state index contributed by atoms with van der Waals surface area (Å²) < 4.78 is 5.21. The quantitative estimate of drug-likeness (QED) is 0.351. The molecule has 1 rings (SSSR count). The Hall–Kier alpha value is -2.66. The molecule has 30 heavy (non-hydrogen) atoms. The first-order valence-electron chi connectivity index (χ1n) is 9.66. The van der Waals surface area contributed by atoms with Crippen LogP contribution in [-0.2, 0) is 14.3 Å². The normalized spacial score (nSPS) is 13.0. The molecule has 1 aromatic carbocycles. The Bertz CT molecular complexity index is 811. The van der Waals surface area contributed by atoms with Crippen molar-refractivity contribution in [3.8, 4) is 12.5 Å². The van der Waals surface area contributed by atoms with Gasteiger partial charge in [0.1, 0.15) is 17.7 Å². The molecule has 0 saturated carbocycles. The monoisotopic (exact) mass is 433 g/mol. The third-order valence-electron chi connectivity index (χ3n) is 3.84. The van der Waals surface area contributed by atoms with Crippen molar-refractivity contribution >= 4 is 30.5 Å². The Morgan fingerprint density at radius 2 is 1.87 bits per heavy atom. The maximum absolute atomic E-state index is 13.2. The van der Waals surface area contributed by atoms with Crippen LogP contribution in [0.3, 0.4) is 0 Å². The van der Waals surface area contributed by atoms with Gasteiger partial charge in [-0.2, -0.15) is 12.6 Å². The molecule has 0 aliphatic rings. The van der Waals surface area contributed by atoms with Gasteiger partial charge in [0.05, 0.1) is 0 Å². The first-order chi connectivity index (χ1) is 13.9. The van der Waals surface area contributed by atoms with E-state index >= 15 is 0 Å². The van der Waals surface area contributed by atoms with Crippen molar-refractivity contribution in [2.75, 3.05) is 5.75 Å². The smallest absolute Gasteiger partial charge is 0.408 e. The number of carbonyl (C=O) groups excluding carboxylic acids is 3. The van der Waals surface area contributed by atoms with Crippen LogP contribution in [0, 0.1) is 19.4 Å². The fourth-order valence-corrected chi connectivity index (χ4v) is 2.94. The van der Waals surface area contributed by atoms with Gasteiger partial charge in [0.25, 0.3) is 5.91 Å². The summed E-state index contributed by atoms with van der Waals surface area (Å²) in [6.45, 7) is 10.6. The number of amides is 3. The topological polar surface area (TPSA) is 87.7 Å². The van der Waals surface area contributed by atoms with Crippen LogP contribution in [0.1, 0.15) is 51.8 Å². The van der Waals surface area contributed by atoms with Gasteiger partial charge in [-0.15, -0.1) is 0 Å². The molecule has 2 unspecified atom stereocenters. The minimum absolute atomic E-state index is 0.0252. The molecule has 0 aliphatic heterocycles. The van der Waals surface area contributed by atoms with E-state index in [2.05, 4.69) is 29.3 Å². The van der Waals surface area contributed by atoms with E-state index in [0.29, 0.717) is 5.56 Å². The van der Waals surface area contributed by atoms with E-state index in [4.69, 9.17) is 11.2 Å². The number of terminal acetylenes is 1. The molecule has 0 fully saturated rings. The van der Waals surface area contributed by atoms with Crippen LogP contribution in [0.4, 0.5) is 4.79 Å². The van der Waals surface area contributed by atoms with E-state index in [0.717, 1.165) is 10.5 Å². The van der Waals surface area contributed by atoms with Gasteiger partial charge in [0.2, 0.25) is 5.91 Å². The van der Waals surface area contributed by atoms with Gasteiger partial charge in [-0.3, -0.25) is 14.5 Å². The van der Waals surface area contributed by atoms with Gasteiger partial charge in [-0.1, -0.05) is 36.3 Å². The number of nitrogens with zero attached hydrogens (tertiary/aromatic N) is 1. The van der Waals surface area contributed by atoms with Crippen molar-refractivity contribution in [1.82, 2.24) is 15.5 Å². The molecule has 0 aromatic heterocycles. The van der Waals surface area contributed by atoms with E-state index in [-0.39, 0.29) is 11.8 Å². The third kappa shape index (κ3) is 7.64. The Morgan fingerprint density at radius 3 is 2.33 bits per heavy atom. The number of hydrogen-bond acceptors (Lipinski definition) is 5. The summed E-state index contributed by atoms with van der Waals surface area (Å²) in [4.78, 5) is 39.3. The highest BCUT2D eigenvalue weighted by molar-refractivity contribution is 7.80. The van der Waals surface area contributed by atoms with Crippen LogP contribution >= 0.6 is 12.6 Å². The second-order valence-corrected chi connectivity index (χ2v) is 8.56. The van der Waals surface area contributed by atoms with Gasteiger partial charge in [-0.25, -0.2) is 4.79 Å². The zero-order chi connectivity index (χ0) is 23.1. The lowest BCUT2D eigenvalue weighted by molar-refractivity contribution is -0.138. The second kappa shape index (κ2) is 10.9. The molecular formula is C22H31N3O4S. The highest BCUT2D eigenvalue weighted by atomic mass is 32.1. The van der Waals surface area contributed by atoms with Crippen molar-refractivity contribution in [2.24, 2.45) is 0 Å². The molecule has 164 valence electrons. The first-order valence-corrected chi connectivity index (χ1v) is 10.3. The molecule has 8 heteroatoms. The lowest BCUT2D eigenvalue weighted by Crippen LogP contribution is -2.52. The Kier molecular flexibility index (Phi) is 9.24. The SMILES string of the molecule is C#CN(C(=O)C(CS)NC(=O)OC(C)(C)C)C(C(=O)NC(C)C)c1cccc(C)c1. The number of alkyl carbamates (subject to hydrolysis) is 1. The lowest BCUT2D eigenvalue weighted by atomic mass is 10.0. The summed E-state index contributed by atoms with van der Waals surface area (Å²) >= 11 is 4.17. The molecule has 0 bridgehead atoms. The number of thiol groups is 1. The van der Waals surface area contributed by atoms with Crippen LogP contribution in [0.5, 0.6) is 0 Å². The maximum Gasteiger partial charge on any atom is 0.408 e. The van der Waals surface area contributed by atoms with E-state index in [1.54, 1.807) is 39.0 Å². The number of hydrogen-bond donors (Lipinski definition) is 3. The zero-order valence-corrected chi connectivity index (χ0v) is 19.2. The molecular weight excluding hydrogens is 402 g/mol. The summed E-state index contributed by atoms with van der Waals surface area (Å²) in [5.74, 6) is -1.08. The summed E-state index contributed by atoms with van der Waals surface area (Å²) in [5, 5.41) is 5.28. The maximum atomic E-state index is 13.2. The minimum atomic E-state index is -1.07. The van der Waals surface area contributed by atoms with Gasteiger partial charge in [-0.05, 0) is 47.1 Å². The Labute approximate surface area is 184 Å². The van der Waals surface area contributed by atoms with E-state index in [1.165, 1.54) is 0 Å². The molecule has 0 saturated heterocycles. The van der Waals surface area contributed by atoms with Gasteiger partial charge in [0, 0.05) is 17.8 Å². The third-order valence-corrected chi connectivity index (χ3v) is 4.21. The summed E-state index contributed by atoms with van der Waals surface area (Å²) in [6.07, 6.45) is 4.88. The fraction of sp³-hybridized carbons (Fsp3) is 0.500. The largest absolute Gasteiger partial charge is 0.444 e. The minimum Gasteiger partial charge on any atom is -0.444 e. The molecule has 3 amide bonds. The number of benzene rings is 1. The lowest BCUT2D eigenvalue weighted by Gasteiger charge is -2.30. The van der Waals surface area contributed by atoms with Crippen LogP contribution in [0.2, 0.25) is 0 Å². The van der Waals surface area contributed by atoms with Crippen LogP contribution in [0.15, 0.2) is 24.3 Å². The van der Waals surface area contributed by atoms with Crippen molar-refractivity contribution in [1.29, 1.82) is 0 Å². The van der Waals surface area contributed by atoms with Crippen molar-refractivity contribution < 1.29 is 19.1 Å². The zero-order valence-electron chi connectivity index (χ0n) is 18.4. The van der Waals surface area contributed by atoms with E-state index in [9.17, 15) is 14.4 Å². The van der Waals surface area contributed by atoms with Crippen molar-refractivity contribution in [2.45, 2.75) is 65.3 Å². The van der Waals surface area contributed by atoms with Crippen LogP contribution < -0.4 is 10.6 Å². The second-order valence-electron chi connectivity index (χ2n) is 8.20.